The summed E-state index contributed by atoms with van der Waals surface area (Å²) in [5.74, 6) is 0.254. The van der Waals surface area contributed by atoms with Gasteiger partial charge in [0.2, 0.25) is 0 Å². The van der Waals surface area contributed by atoms with Crippen molar-refractivity contribution in [3.05, 3.63) is 29.8 Å². The Morgan fingerprint density at radius 3 is 2.14 bits per heavy atom. The van der Waals surface area contributed by atoms with Crippen molar-refractivity contribution in [3.63, 3.8) is 0 Å². The lowest BCUT2D eigenvalue weighted by Crippen LogP contribution is -2.14. The average Bonchev–Trinajstić information content (AvgIpc) is 2.72. The summed E-state index contributed by atoms with van der Waals surface area (Å²) in [4.78, 5) is 12.0. The molecule has 1 aromatic rings. The van der Waals surface area contributed by atoms with Crippen LogP contribution in [0.25, 0.3) is 0 Å². The second kappa shape index (κ2) is 16.3. The fraction of sp³-hybridized carbons (Fsp3) is 0.682. The number of hydrogen-bond donors (Lipinski definition) is 1. The number of hydrogen-bond acceptors (Lipinski definition) is 6. The van der Waals surface area contributed by atoms with E-state index in [0.717, 1.165) is 38.1 Å². The minimum absolute atomic E-state index is 0.230. The molecule has 0 aliphatic heterocycles. The normalized spacial score (nSPS) is 12.0. The first kappa shape index (κ1) is 24.4. The van der Waals surface area contributed by atoms with Gasteiger partial charge in [0.05, 0.1) is 38.6 Å². The van der Waals surface area contributed by atoms with Crippen molar-refractivity contribution in [3.8, 4) is 0 Å². The molecule has 1 N–H and O–H groups in total. The van der Waals surface area contributed by atoms with E-state index < -0.39 is 0 Å². The SMILES string of the molecule is CCCCNc1ccc(C(=O)OCCOCCOCCOCC(C)CC)cc1. The van der Waals surface area contributed by atoms with Gasteiger partial charge in [0.15, 0.2) is 0 Å². The molecule has 0 aliphatic rings. The molecule has 0 amide bonds. The van der Waals surface area contributed by atoms with Crippen molar-refractivity contribution < 1.29 is 23.7 Å². The van der Waals surface area contributed by atoms with E-state index in [9.17, 15) is 4.79 Å². The Labute approximate surface area is 169 Å². The standard InChI is InChI=1S/C22H37NO5/c1-4-6-11-23-21-9-7-20(8-10-21)22(24)28-17-16-26-13-12-25-14-15-27-18-19(3)5-2/h7-10,19,23H,4-6,11-18H2,1-3H3. The number of carbonyl (C=O) groups is 1. The van der Waals surface area contributed by atoms with Gasteiger partial charge in [-0.1, -0.05) is 33.6 Å². The molecular formula is C22H37NO5. The molecule has 0 saturated carbocycles. The minimum Gasteiger partial charge on any atom is -0.460 e. The maximum Gasteiger partial charge on any atom is 0.338 e. The number of benzene rings is 1. The van der Waals surface area contributed by atoms with Gasteiger partial charge in [0.25, 0.3) is 0 Å². The third-order valence-corrected chi connectivity index (χ3v) is 4.28. The topological polar surface area (TPSA) is 66.0 Å². The maximum absolute atomic E-state index is 12.0. The van der Waals surface area contributed by atoms with Crippen LogP contribution in [-0.2, 0) is 18.9 Å². The summed E-state index contributed by atoms with van der Waals surface area (Å²) in [5, 5.41) is 3.32. The van der Waals surface area contributed by atoms with Gasteiger partial charge in [-0.3, -0.25) is 0 Å². The Morgan fingerprint density at radius 1 is 0.929 bits per heavy atom. The third-order valence-electron chi connectivity index (χ3n) is 4.28. The molecule has 160 valence electrons. The van der Waals surface area contributed by atoms with Gasteiger partial charge >= 0.3 is 5.97 Å². The first-order valence-electron chi connectivity index (χ1n) is 10.4. The van der Waals surface area contributed by atoms with Gasteiger partial charge in [0.1, 0.15) is 6.61 Å². The zero-order valence-corrected chi connectivity index (χ0v) is 17.7. The Balaban J connectivity index is 1.99. The van der Waals surface area contributed by atoms with Crippen molar-refractivity contribution in [2.75, 3.05) is 58.1 Å². The third kappa shape index (κ3) is 12.0. The van der Waals surface area contributed by atoms with E-state index in [1.165, 1.54) is 0 Å². The predicted molar refractivity (Wildman–Crippen MR) is 112 cm³/mol. The van der Waals surface area contributed by atoms with Crippen LogP contribution in [0.15, 0.2) is 24.3 Å². The van der Waals surface area contributed by atoms with Crippen LogP contribution in [0.1, 0.15) is 50.4 Å². The quantitative estimate of drug-likeness (QED) is 0.316. The largest absolute Gasteiger partial charge is 0.460 e. The van der Waals surface area contributed by atoms with Crippen LogP contribution in [0.3, 0.4) is 0 Å². The fourth-order valence-corrected chi connectivity index (χ4v) is 2.25. The molecule has 1 atom stereocenters. The van der Waals surface area contributed by atoms with Gasteiger partial charge in [-0.25, -0.2) is 4.79 Å². The van der Waals surface area contributed by atoms with Gasteiger partial charge in [-0.05, 0) is 36.6 Å². The molecule has 0 radical (unpaired) electrons. The van der Waals surface area contributed by atoms with E-state index in [1.54, 1.807) is 12.1 Å². The molecule has 0 spiro atoms. The second-order valence-electron chi connectivity index (χ2n) is 6.81. The fourth-order valence-electron chi connectivity index (χ4n) is 2.25. The highest BCUT2D eigenvalue weighted by atomic mass is 16.6. The van der Waals surface area contributed by atoms with Gasteiger partial charge < -0.3 is 24.3 Å². The van der Waals surface area contributed by atoms with Crippen LogP contribution in [0, 0.1) is 5.92 Å². The van der Waals surface area contributed by atoms with Crippen molar-refractivity contribution in [2.45, 2.75) is 40.0 Å². The molecule has 0 aromatic heterocycles. The van der Waals surface area contributed by atoms with Gasteiger partial charge in [-0.15, -0.1) is 0 Å². The zero-order valence-electron chi connectivity index (χ0n) is 17.7. The molecule has 1 aromatic carbocycles. The average molecular weight is 396 g/mol. The lowest BCUT2D eigenvalue weighted by molar-refractivity contribution is -0.00299. The molecule has 0 fully saturated rings. The van der Waals surface area contributed by atoms with Crippen molar-refractivity contribution >= 4 is 11.7 Å². The number of nitrogens with one attached hydrogen (secondary N) is 1. The van der Waals surface area contributed by atoms with Crippen LogP contribution < -0.4 is 5.32 Å². The van der Waals surface area contributed by atoms with Crippen LogP contribution in [0.4, 0.5) is 5.69 Å². The van der Waals surface area contributed by atoms with Crippen LogP contribution in [-0.4, -0.2) is 58.8 Å². The summed E-state index contributed by atoms with van der Waals surface area (Å²) in [5.41, 5.74) is 1.56. The van der Waals surface area contributed by atoms with Gasteiger partial charge in [-0.2, -0.15) is 0 Å². The number of unbranched alkanes of at least 4 members (excludes halogenated alkanes) is 1. The van der Waals surface area contributed by atoms with Crippen LogP contribution in [0.2, 0.25) is 0 Å². The first-order valence-corrected chi connectivity index (χ1v) is 10.4. The van der Waals surface area contributed by atoms with Crippen LogP contribution in [0.5, 0.6) is 0 Å². The Morgan fingerprint density at radius 2 is 1.54 bits per heavy atom. The molecular weight excluding hydrogens is 358 g/mol. The number of esters is 1. The molecule has 1 unspecified atom stereocenters. The predicted octanol–water partition coefficient (Wildman–Crippen LogP) is 4.15. The molecule has 0 aliphatic carbocycles. The maximum atomic E-state index is 12.0. The Kier molecular flexibility index (Phi) is 14.2. The molecule has 0 heterocycles. The molecule has 0 bridgehead atoms. The zero-order chi connectivity index (χ0) is 20.5. The minimum atomic E-state index is -0.335. The lowest BCUT2D eigenvalue weighted by atomic mass is 10.1. The smallest absolute Gasteiger partial charge is 0.338 e. The number of rotatable bonds is 17. The highest BCUT2D eigenvalue weighted by Gasteiger charge is 2.06. The monoisotopic (exact) mass is 395 g/mol. The summed E-state index contributed by atoms with van der Waals surface area (Å²) in [7, 11) is 0. The molecule has 6 heteroatoms. The molecule has 6 nitrogen and oxygen atoms in total. The Hall–Kier alpha value is -1.63. The highest BCUT2D eigenvalue weighted by molar-refractivity contribution is 5.89. The first-order chi connectivity index (χ1) is 13.7. The van der Waals surface area contributed by atoms with Gasteiger partial charge in [0, 0.05) is 18.8 Å². The molecule has 0 saturated heterocycles. The van der Waals surface area contributed by atoms with E-state index in [-0.39, 0.29) is 12.6 Å². The van der Waals surface area contributed by atoms with Crippen molar-refractivity contribution in [1.82, 2.24) is 0 Å². The van der Waals surface area contributed by atoms with E-state index in [2.05, 4.69) is 26.1 Å². The van der Waals surface area contributed by atoms with E-state index >= 15 is 0 Å². The Bertz CT molecular complexity index is 506. The van der Waals surface area contributed by atoms with E-state index in [0.29, 0.717) is 44.5 Å². The summed E-state index contributed by atoms with van der Waals surface area (Å²) in [6, 6.07) is 7.34. The number of ether oxygens (including phenoxy) is 4. The molecule has 28 heavy (non-hydrogen) atoms. The van der Waals surface area contributed by atoms with Crippen molar-refractivity contribution in [1.29, 1.82) is 0 Å². The second-order valence-corrected chi connectivity index (χ2v) is 6.81. The van der Waals surface area contributed by atoms with Crippen molar-refractivity contribution in [2.24, 2.45) is 5.92 Å². The highest BCUT2D eigenvalue weighted by Crippen LogP contribution is 2.10. The van der Waals surface area contributed by atoms with E-state index in [1.807, 2.05) is 12.1 Å². The van der Waals surface area contributed by atoms with E-state index in [4.69, 9.17) is 18.9 Å². The number of anilines is 1. The summed E-state index contributed by atoms with van der Waals surface area (Å²) in [6.45, 7) is 10.9. The number of carbonyl (C=O) groups excluding carboxylic acids is 1. The van der Waals surface area contributed by atoms with Crippen LogP contribution >= 0.6 is 0 Å². The summed E-state index contributed by atoms with van der Waals surface area (Å²) < 4.78 is 21.5. The lowest BCUT2D eigenvalue weighted by Gasteiger charge is -2.10. The summed E-state index contributed by atoms with van der Waals surface area (Å²) >= 11 is 0. The molecule has 1 rings (SSSR count). The summed E-state index contributed by atoms with van der Waals surface area (Å²) in [6.07, 6.45) is 3.40.